The number of nitrogens with zero attached hydrogens (tertiary/aromatic N) is 3. The molecule has 108 valence electrons. The SMILES string of the molecule is COc1cc(OC)cc(-c2nnc(S(=O)(=O)Cl)n2C)c1. The van der Waals surface area contributed by atoms with Gasteiger partial charge in [-0.25, -0.2) is 8.42 Å². The van der Waals surface area contributed by atoms with Crippen molar-refractivity contribution in [3.63, 3.8) is 0 Å². The zero-order chi connectivity index (χ0) is 14.9. The predicted molar refractivity (Wildman–Crippen MR) is 72.6 cm³/mol. The van der Waals surface area contributed by atoms with E-state index >= 15 is 0 Å². The number of methoxy groups -OCH3 is 2. The zero-order valence-electron chi connectivity index (χ0n) is 11.0. The lowest BCUT2D eigenvalue weighted by Crippen LogP contribution is -2.03. The summed E-state index contributed by atoms with van der Waals surface area (Å²) in [6, 6.07) is 5.08. The lowest BCUT2D eigenvalue weighted by Gasteiger charge is -2.08. The highest BCUT2D eigenvalue weighted by molar-refractivity contribution is 8.13. The van der Waals surface area contributed by atoms with Gasteiger partial charge in [0, 0.05) is 29.4 Å². The van der Waals surface area contributed by atoms with Crippen LogP contribution in [0.5, 0.6) is 11.5 Å². The van der Waals surface area contributed by atoms with Crippen molar-refractivity contribution < 1.29 is 17.9 Å². The summed E-state index contributed by atoms with van der Waals surface area (Å²) in [5.74, 6) is 1.44. The Morgan fingerprint density at radius 2 is 1.65 bits per heavy atom. The van der Waals surface area contributed by atoms with E-state index in [-0.39, 0.29) is 5.16 Å². The number of aromatic nitrogens is 3. The number of rotatable bonds is 4. The molecular formula is C11H12ClN3O4S. The highest BCUT2D eigenvalue weighted by Gasteiger charge is 2.21. The highest BCUT2D eigenvalue weighted by atomic mass is 35.7. The minimum Gasteiger partial charge on any atom is -0.497 e. The zero-order valence-corrected chi connectivity index (χ0v) is 12.6. The molecule has 0 saturated heterocycles. The third-order valence-electron chi connectivity index (χ3n) is 2.66. The predicted octanol–water partition coefficient (Wildman–Crippen LogP) is 1.43. The Morgan fingerprint density at radius 3 is 2.05 bits per heavy atom. The summed E-state index contributed by atoms with van der Waals surface area (Å²) in [5.41, 5.74) is 0.600. The summed E-state index contributed by atoms with van der Waals surface area (Å²) in [7, 11) is 5.87. The second-order valence-corrected chi connectivity index (χ2v) is 6.36. The summed E-state index contributed by atoms with van der Waals surface area (Å²) in [4.78, 5) is 0. The van der Waals surface area contributed by atoms with Gasteiger partial charge in [0.05, 0.1) is 14.2 Å². The average Bonchev–Trinajstić information content (AvgIpc) is 2.79. The first-order chi connectivity index (χ1) is 9.36. The molecule has 0 aliphatic rings. The number of benzene rings is 1. The standard InChI is InChI=1S/C11H12ClN3O4S/c1-15-10(13-14-11(15)20(12,16)17)7-4-8(18-2)6-9(5-7)19-3/h4-6H,1-3H3. The third-order valence-corrected chi connectivity index (χ3v) is 3.87. The second kappa shape index (κ2) is 5.29. The molecule has 20 heavy (non-hydrogen) atoms. The van der Waals surface area contributed by atoms with Crippen LogP contribution in [0.1, 0.15) is 0 Å². The lowest BCUT2D eigenvalue weighted by atomic mass is 10.2. The molecule has 0 fully saturated rings. The van der Waals surface area contributed by atoms with Crippen molar-refractivity contribution in [1.82, 2.24) is 14.8 Å². The van der Waals surface area contributed by atoms with Gasteiger partial charge in [-0.1, -0.05) is 0 Å². The van der Waals surface area contributed by atoms with Crippen LogP contribution in [-0.2, 0) is 16.1 Å². The Bertz CT molecular complexity index is 720. The lowest BCUT2D eigenvalue weighted by molar-refractivity contribution is 0.394. The Kier molecular flexibility index (Phi) is 3.87. The van der Waals surface area contributed by atoms with Gasteiger partial charge in [0.25, 0.3) is 14.2 Å². The molecule has 9 heteroatoms. The monoisotopic (exact) mass is 317 g/mol. The molecule has 7 nitrogen and oxygen atoms in total. The van der Waals surface area contributed by atoms with Gasteiger partial charge in [0.15, 0.2) is 5.82 Å². The first kappa shape index (κ1) is 14.6. The molecule has 1 aromatic heterocycles. The Labute approximate surface area is 120 Å². The van der Waals surface area contributed by atoms with Crippen molar-refractivity contribution in [2.75, 3.05) is 14.2 Å². The van der Waals surface area contributed by atoms with E-state index in [4.69, 9.17) is 20.2 Å². The van der Waals surface area contributed by atoms with E-state index in [1.54, 1.807) is 18.2 Å². The molecule has 0 aliphatic carbocycles. The number of ether oxygens (including phenoxy) is 2. The van der Waals surface area contributed by atoms with E-state index in [1.807, 2.05) is 0 Å². The molecular weight excluding hydrogens is 306 g/mol. The molecule has 0 bridgehead atoms. The van der Waals surface area contributed by atoms with E-state index in [9.17, 15) is 8.42 Å². The molecule has 0 atom stereocenters. The van der Waals surface area contributed by atoms with Crippen LogP contribution >= 0.6 is 10.7 Å². The molecule has 0 unspecified atom stereocenters. The largest absolute Gasteiger partial charge is 0.497 e. The summed E-state index contributed by atoms with van der Waals surface area (Å²) < 4.78 is 34.3. The smallest absolute Gasteiger partial charge is 0.296 e. The molecule has 0 radical (unpaired) electrons. The van der Waals surface area contributed by atoms with Crippen LogP contribution in [0.15, 0.2) is 23.4 Å². The van der Waals surface area contributed by atoms with Gasteiger partial charge in [-0.3, -0.25) is 4.57 Å². The normalized spacial score (nSPS) is 11.4. The fourth-order valence-electron chi connectivity index (χ4n) is 1.72. The number of hydrogen-bond donors (Lipinski definition) is 0. The van der Waals surface area contributed by atoms with E-state index in [0.29, 0.717) is 22.9 Å². The van der Waals surface area contributed by atoms with Crippen molar-refractivity contribution in [3.05, 3.63) is 18.2 Å². The molecule has 2 rings (SSSR count). The molecule has 0 aliphatic heterocycles. The van der Waals surface area contributed by atoms with Gasteiger partial charge in [0.2, 0.25) is 0 Å². The van der Waals surface area contributed by atoms with E-state index in [0.717, 1.165) is 0 Å². The topological polar surface area (TPSA) is 83.3 Å². The minimum atomic E-state index is -3.95. The molecule has 2 aromatic rings. The van der Waals surface area contributed by atoms with Crippen LogP contribution in [-0.4, -0.2) is 37.4 Å². The maximum atomic E-state index is 11.3. The summed E-state index contributed by atoms with van der Waals surface area (Å²) in [6.45, 7) is 0. The summed E-state index contributed by atoms with van der Waals surface area (Å²) in [6.07, 6.45) is 0. The van der Waals surface area contributed by atoms with Gasteiger partial charge in [-0.05, 0) is 12.1 Å². The fourth-order valence-corrected chi connectivity index (χ4v) is 2.67. The van der Waals surface area contributed by atoms with E-state index in [1.165, 1.54) is 25.8 Å². The maximum absolute atomic E-state index is 11.3. The first-order valence-corrected chi connectivity index (χ1v) is 7.75. The van der Waals surface area contributed by atoms with Gasteiger partial charge < -0.3 is 9.47 Å². The quantitative estimate of drug-likeness (QED) is 0.793. The molecule has 0 amide bonds. The van der Waals surface area contributed by atoms with Crippen molar-refractivity contribution in [2.24, 2.45) is 7.05 Å². The number of hydrogen-bond acceptors (Lipinski definition) is 6. The van der Waals surface area contributed by atoms with E-state index in [2.05, 4.69) is 10.2 Å². The minimum absolute atomic E-state index is 0.323. The van der Waals surface area contributed by atoms with Crippen LogP contribution < -0.4 is 9.47 Å². The van der Waals surface area contributed by atoms with Crippen molar-refractivity contribution >= 4 is 19.7 Å². The summed E-state index contributed by atoms with van der Waals surface area (Å²) >= 11 is 0. The summed E-state index contributed by atoms with van der Waals surface area (Å²) in [5, 5.41) is 7.10. The van der Waals surface area contributed by atoms with Crippen molar-refractivity contribution in [2.45, 2.75) is 5.16 Å². The first-order valence-electron chi connectivity index (χ1n) is 5.44. The van der Waals surface area contributed by atoms with Crippen LogP contribution in [0, 0.1) is 0 Å². The average molecular weight is 318 g/mol. The molecule has 1 heterocycles. The molecule has 0 N–H and O–H groups in total. The van der Waals surface area contributed by atoms with E-state index < -0.39 is 9.05 Å². The van der Waals surface area contributed by atoms with Crippen LogP contribution in [0.2, 0.25) is 0 Å². The molecule has 0 spiro atoms. The molecule has 1 aromatic carbocycles. The maximum Gasteiger partial charge on any atom is 0.296 e. The van der Waals surface area contributed by atoms with Gasteiger partial charge in [-0.2, -0.15) is 0 Å². The molecule has 0 saturated carbocycles. The van der Waals surface area contributed by atoms with Gasteiger partial charge in [0.1, 0.15) is 11.5 Å². The van der Waals surface area contributed by atoms with Crippen LogP contribution in [0.25, 0.3) is 11.4 Å². The Balaban J connectivity index is 2.60. The van der Waals surface area contributed by atoms with Crippen molar-refractivity contribution in [3.8, 4) is 22.9 Å². The van der Waals surface area contributed by atoms with Gasteiger partial charge in [-0.15, -0.1) is 10.2 Å². The number of halogens is 1. The highest BCUT2D eigenvalue weighted by Crippen LogP contribution is 2.29. The van der Waals surface area contributed by atoms with Crippen LogP contribution in [0.4, 0.5) is 0 Å². The van der Waals surface area contributed by atoms with Crippen LogP contribution in [0.3, 0.4) is 0 Å². The Hall–Kier alpha value is -1.80. The van der Waals surface area contributed by atoms with Gasteiger partial charge >= 0.3 is 0 Å². The van der Waals surface area contributed by atoms with Crippen molar-refractivity contribution in [1.29, 1.82) is 0 Å². The third kappa shape index (κ3) is 2.70. The second-order valence-electron chi connectivity index (χ2n) is 3.90. The Morgan fingerprint density at radius 1 is 1.10 bits per heavy atom. The fraction of sp³-hybridized carbons (Fsp3) is 0.273.